The number of benzene rings is 1. The molecule has 23 heavy (non-hydrogen) atoms. The molecule has 1 aliphatic heterocycles. The summed E-state index contributed by atoms with van der Waals surface area (Å²) in [5.41, 5.74) is -1.32. The summed E-state index contributed by atoms with van der Waals surface area (Å²) in [6.45, 7) is 0. The minimum atomic E-state index is -4.73. The molecule has 0 spiro atoms. The smallest absolute Gasteiger partial charge is 0.278 e. The maximum Gasteiger partial charge on any atom is 0.437 e. The molecular formula is C13H11F3N6O. The predicted molar refractivity (Wildman–Crippen MR) is 74.6 cm³/mol. The molecule has 0 bridgehead atoms. The quantitative estimate of drug-likeness (QED) is 0.807. The van der Waals surface area contributed by atoms with Crippen molar-refractivity contribution in [3.05, 3.63) is 36.0 Å². The van der Waals surface area contributed by atoms with Crippen LogP contribution in [0.1, 0.15) is 5.69 Å². The zero-order valence-corrected chi connectivity index (χ0v) is 12.1. The van der Waals surface area contributed by atoms with Crippen molar-refractivity contribution in [3.63, 3.8) is 0 Å². The van der Waals surface area contributed by atoms with Crippen molar-refractivity contribution in [3.8, 4) is 5.69 Å². The lowest BCUT2D eigenvalue weighted by Gasteiger charge is -2.19. The average Bonchev–Trinajstić information content (AvgIpc) is 2.87. The predicted octanol–water partition coefficient (Wildman–Crippen LogP) is 3.39. The normalized spacial score (nSPS) is 14.9. The van der Waals surface area contributed by atoms with Crippen LogP contribution in [0, 0.1) is 0 Å². The van der Waals surface area contributed by atoms with Gasteiger partial charge in [-0.25, -0.2) is 9.48 Å². The number of fused-ring (bicyclic) bond motifs is 1. The molecule has 0 radical (unpaired) electrons. The minimum Gasteiger partial charge on any atom is -0.278 e. The van der Waals surface area contributed by atoms with E-state index in [9.17, 15) is 18.0 Å². The van der Waals surface area contributed by atoms with Gasteiger partial charge in [-0.2, -0.15) is 23.3 Å². The summed E-state index contributed by atoms with van der Waals surface area (Å²) in [5.74, 6) is -0.0957. The third-order valence-corrected chi connectivity index (χ3v) is 3.27. The van der Waals surface area contributed by atoms with E-state index in [0.717, 1.165) is 14.6 Å². The van der Waals surface area contributed by atoms with Gasteiger partial charge in [0.15, 0.2) is 17.2 Å². The number of amides is 2. The van der Waals surface area contributed by atoms with Crippen molar-refractivity contribution in [2.24, 2.45) is 10.3 Å². The molecule has 120 valence electrons. The van der Waals surface area contributed by atoms with E-state index < -0.39 is 23.6 Å². The van der Waals surface area contributed by atoms with E-state index in [4.69, 9.17) is 0 Å². The van der Waals surface area contributed by atoms with E-state index in [1.807, 2.05) is 0 Å². The number of halogens is 3. The van der Waals surface area contributed by atoms with Crippen LogP contribution in [-0.4, -0.2) is 34.9 Å². The summed E-state index contributed by atoms with van der Waals surface area (Å²) in [6, 6.07) is 7.57. The van der Waals surface area contributed by atoms with Crippen molar-refractivity contribution >= 4 is 17.5 Å². The molecule has 1 aromatic heterocycles. The van der Waals surface area contributed by atoms with E-state index in [1.54, 1.807) is 30.3 Å². The molecule has 0 saturated carbocycles. The third-order valence-electron chi connectivity index (χ3n) is 3.27. The molecule has 0 fully saturated rings. The topological polar surface area (TPSA) is 66.1 Å². The minimum absolute atomic E-state index is 0.0957. The van der Waals surface area contributed by atoms with E-state index >= 15 is 0 Å². The molecule has 0 N–H and O–H groups in total. The maximum atomic E-state index is 13.3. The number of hydrogen-bond donors (Lipinski definition) is 0. The Hall–Kier alpha value is -2.91. The Labute approximate surface area is 128 Å². The number of alkyl halides is 3. The highest BCUT2D eigenvalue weighted by Crippen LogP contribution is 2.43. The molecule has 1 aromatic carbocycles. The molecule has 0 saturated heterocycles. The van der Waals surface area contributed by atoms with Crippen LogP contribution in [0.15, 0.2) is 40.7 Å². The van der Waals surface area contributed by atoms with Gasteiger partial charge in [0, 0.05) is 14.1 Å². The lowest BCUT2D eigenvalue weighted by atomic mass is 10.3. The number of hydrogen-bond acceptors (Lipinski definition) is 4. The summed E-state index contributed by atoms with van der Waals surface area (Å²) < 4.78 is 40.8. The van der Waals surface area contributed by atoms with Gasteiger partial charge in [0.05, 0.1) is 5.69 Å². The summed E-state index contributed by atoms with van der Waals surface area (Å²) >= 11 is 0. The van der Waals surface area contributed by atoms with Crippen LogP contribution >= 0.6 is 0 Å². The van der Waals surface area contributed by atoms with Crippen LogP contribution in [0.3, 0.4) is 0 Å². The van der Waals surface area contributed by atoms with E-state index in [1.165, 1.54) is 14.1 Å². The molecule has 7 nitrogen and oxygen atoms in total. The van der Waals surface area contributed by atoms with Gasteiger partial charge in [0.1, 0.15) is 0 Å². The van der Waals surface area contributed by atoms with Gasteiger partial charge in [0.25, 0.3) is 0 Å². The Morgan fingerprint density at radius 2 is 1.74 bits per heavy atom. The molecular weight excluding hydrogens is 313 g/mol. The Morgan fingerprint density at radius 1 is 1.09 bits per heavy atom. The summed E-state index contributed by atoms with van der Waals surface area (Å²) in [4.78, 5) is 13.2. The average molecular weight is 324 g/mol. The number of carbonyl (C=O) groups excluding carboxylic acids is 1. The van der Waals surface area contributed by atoms with Crippen molar-refractivity contribution in [2.45, 2.75) is 6.18 Å². The Bertz CT molecular complexity index is 783. The molecule has 1 aliphatic rings. The van der Waals surface area contributed by atoms with Gasteiger partial charge in [-0.1, -0.05) is 23.4 Å². The van der Waals surface area contributed by atoms with E-state index in [2.05, 4.69) is 15.4 Å². The van der Waals surface area contributed by atoms with Gasteiger partial charge < -0.3 is 0 Å². The fourth-order valence-electron chi connectivity index (χ4n) is 2.19. The lowest BCUT2D eigenvalue weighted by molar-refractivity contribution is -0.140. The van der Waals surface area contributed by atoms with Crippen LogP contribution < -0.4 is 4.90 Å². The van der Waals surface area contributed by atoms with Crippen LogP contribution in [0.4, 0.5) is 29.5 Å². The Kier molecular flexibility index (Phi) is 3.31. The standard InChI is InChI=1S/C13H11F3N6O/c1-20-11-9(17-19-21(2)12(20)23)10(13(14,15)16)18-22(11)8-6-4-3-5-7-8/h3-7H,1-2H3. The summed E-state index contributed by atoms with van der Waals surface area (Å²) in [6.07, 6.45) is -4.73. The molecule has 3 rings (SSSR count). The molecule has 0 unspecified atom stereocenters. The molecule has 2 aromatic rings. The zero-order valence-electron chi connectivity index (χ0n) is 12.1. The fraction of sp³-hybridized carbons (Fsp3) is 0.231. The van der Waals surface area contributed by atoms with E-state index in [0.29, 0.717) is 5.69 Å². The van der Waals surface area contributed by atoms with Gasteiger partial charge >= 0.3 is 12.2 Å². The van der Waals surface area contributed by atoms with Crippen molar-refractivity contribution < 1.29 is 18.0 Å². The fourth-order valence-corrected chi connectivity index (χ4v) is 2.19. The second kappa shape index (κ2) is 5.07. The second-order valence-electron chi connectivity index (χ2n) is 4.82. The van der Waals surface area contributed by atoms with Crippen molar-refractivity contribution in [2.75, 3.05) is 19.0 Å². The Balaban J connectivity index is 2.31. The van der Waals surface area contributed by atoms with Crippen molar-refractivity contribution in [1.82, 2.24) is 14.8 Å². The highest BCUT2D eigenvalue weighted by molar-refractivity contribution is 5.94. The first-order valence-electron chi connectivity index (χ1n) is 6.49. The number of rotatable bonds is 1. The maximum absolute atomic E-state index is 13.3. The van der Waals surface area contributed by atoms with Crippen LogP contribution in [0.2, 0.25) is 0 Å². The molecule has 2 amide bonds. The molecule has 10 heteroatoms. The van der Waals surface area contributed by atoms with Crippen LogP contribution in [0.5, 0.6) is 0 Å². The van der Waals surface area contributed by atoms with Crippen LogP contribution in [-0.2, 0) is 6.18 Å². The third kappa shape index (κ3) is 2.41. The highest BCUT2D eigenvalue weighted by atomic mass is 19.4. The molecule has 2 heterocycles. The second-order valence-corrected chi connectivity index (χ2v) is 4.82. The molecule has 0 aliphatic carbocycles. The summed E-state index contributed by atoms with van der Waals surface area (Å²) in [7, 11) is 2.65. The number of para-hydroxylation sites is 1. The largest absolute Gasteiger partial charge is 0.437 e. The number of carbonyl (C=O) groups is 1. The van der Waals surface area contributed by atoms with Gasteiger partial charge in [-0.05, 0) is 12.1 Å². The molecule has 0 atom stereocenters. The Morgan fingerprint density at radius 3 is 2.35 bits per heavy atom. The van der Waals surface area contributed by atoms with E-state index in [-0.39, 0.29) is 5.82 Å². The number of nitrogens with zero attached hydrogens (tertiary/aromatic N) is 6. The van der Waals surface area contributed by atoms with Crippen LogP contribution in [0.25, 0.3) is 5.69 Å². The first-order chi connectivity index (χ1) is 10.8. The highest BCUT2D eigenvalue weighted by Gasteiger charge is 2.42. The lowest BCUT2D eigenvalue weighted by Crippen LogP contribution is -2.35. The summed E-state index contributed by atoms with van der Waals surface area (Å²) in [5, 5.41) is 11.5. The van der Waals surface area contributed by atoms with Gasteiger partial charge in [-0.15, -0.1) is 5.11 Å². The number of anilines is 1. The SMILES string of the molecule is CN1N=Nc2c(C(F)(F)F)nn(-c3ccccc3)c2N(C)C1=O. The van der Waals surface area contributed by atoms with Gasteiger partial charge in [0.2, 0.25) is 0 Å². The first-order valence-corrected chi connectivity index (χ1v) is 6.49. The van der Waals surface area contributed by atoms with Crippen molar-refractivity contribution in [1.29, 1.82) is 0 Å². The van der Waals surface area contributed by atoms with Gasteiger partial charge in [-0.3, -0.25) is 4.90 Å². The number of aromatic nitrogens is 2. The monoisotopic (exact) mass is 324 g/mol. The number of urea groups is 1. The first kappa shape index (κ1) is 15.0. The zero-order chi connectivity index (χ0) is 16.8.